The van der Waals surface area contributed by atoms with Crippen LogP contribution in [0, 0.1) is 5.92 Å². The van der Waals surface area contributed by atoms with E-state index in [1.165, 1.54) is 7.05 Å². The Balaban J connectivity index is 4.47. The molecule has 0 aliphatic carbocycles. The second-order valence-corrected chi connectivity index (χ2v) is 3.61. The monoisotopic (exact) mass is 255 g/mol. The van der Waals surface area contributed by atoms with Crippen LogP contribution in [0.4, 0.5) is 13.2 Å². The summed E-state index contributed by atoms with van der Waals surface area (Å²) < 4.78 is 35.9. The molecule has 1 atom stereocenters. The number of amidine groups is 1. The Bertz CT molecular complexity index is 292. The van der Waals surface area contributed by atoms with Gasteiger partial charge in [-0.1, -0.05) is 12.1 Å². The molecule has 0 spiro atoms. The molecule has 0 aliphatic heterocycles. The fraction of sp³-hybridized carbons (Fsp3) is 0.778. The Labute approximate surface area is 97.1 Å². The second-order valence-electron chi connectivity index (χ2n) is 3.61. The predicted octanol–water partition coefficient (Wildman–Crippen LogP) is 1.17. The van der Waals surface area contributed by atoms with E-state index in [-0.39, 0.29) is 12.3 Å². The van der Waals surface area contributed by atoms with Gasteiger partial charge in [-0.25, -0.2) is 0 Å². The summed E-state index contributed by atoms with van der Waals surface area (Å²) >= 11 is 0. The topological polar surface area (TPSA) is 78.9 Å². The van der Waals surface area contributed by atoms with Crippen molar-refractivity contribution in [2.75, 3.05) is 13.6 Å². The van der Waals surface area contributed by atoms with Crippen molar-refractivity contribution >= 4 is 11.7 Å². The lowest BCUT2D eigenvalue weighted by molar-refractivity contribution is -0.145. The van der Waals surface area contributed by atoms with Crippen LogP contribution in [0.25, 0.3) is 0 Å². The molecule has 0 aromatic heterocycles. The number of amides is 1. The third-order valence-electron chi connectivity index (χ3n) is 2.29. The van der Waals surface area contributed by atoms with E-state index in [0.29, 0.717) is 0 Å². The van der Waals surface area contributed by atoms with E-state index >= 15 is 0 Å². The Hall–Kier alpha value is -1.47. The first-order valence-corrected chi connectivity index (χ1v) is 5.02. The van der Waals surface area contributed by atoms with Gasteiger partial charge in [0, 0.05) is 13.6 Å². The summed E-state index contributed by atoms with van der Waals surface area (Å²) in [5, 5.41) is 11.1. The van der Waals surface area contributed by atoms with E-state index in [1.54, 1.807) is 6.92 Å². The first kappa shape index (κ1) is 15.5. The largest absolute Gasteiger partial charge is 0.409 e. The van der Waals surface area contributed by atoms with Crippen molar-refractivity contribution in [1.82, 2.24) is 4.90 Å². The average Bonchev–Trinajstić information content (AvgIpc) is 2.25. The molecule has 0 aromatic rings. The molecule has 3 N–H and O–H groups in total. The van der Waals surface area contributed by atoms with E-state index in [1.807, 2.05) is 0 Å². The molecule has 100 valence electrons. The van der Waals surface area contributed by atoms with Crippen LogP contribution in [0.1, 0.15) is 19.8 Å². The van der Waals surface area contributed by atoms with E-state index in [2.05, 4.69) is 5.16 Å². The molecule has 0 saturated carbocycles. The SMILES string of the molecule is CCC(C(=O)N(C)CCC(F)(F)F)C(N)=NO. The molecule has 5 nitrogen and oxygen atoms in total. The molecular formula is C9H16F3N3O2. The quantitative estimate of drug-likeness (QED) is 0.335. The molecule has 0 radical (unpaired) electrons. The maximum absolute atomic E-state index is 12.0. The number of carbonyl (C=O) groups is 1. The molecule has 0 saturated heterocycles. The third-order valence-corrected chi connectivity index (χ3v) is 2.29. The minimum atomic E-state index is -4.31. The molecule has 17 heavy (non-hydrogen) atoms. The number of carbonyl (C=O) groups excluding carboxylic acids is 1. The number of alkyl halides is 3. The molecule has 8 heteroatoms. The number of hydrogen-bond donors (Lipinski definition) is 2. The van der Waals surface area contributed by atoms with E-state index in [9.17, 15) is 18.0 Å². The fourth-order valence-corrected chi connectivity index (χ4v) is 1.25. The second kappa shape index (κ2) is 6.31. The third kappa shape index (κ3) is 5.41. The highest BCUT2D eigenvalue weighted by molar-refractivity contribution is 6.01. The van der Waals surface area contributed by atoms with Crippen LogP contribution >= 0.6 is 0 Å². The Kier molecular flexibility index (Phi) is 5.77. The first-order valence-electron chi connectivity index (χ1n) is 5.02. The predicted molar refractivity (Wildman–Crippen MR) is 55.5 cm³/mol. The maximum atomic E-state index is 12.0. The molecule has 0 aliphatic rings. The van der Waals surface area contributed by atoms with Gasteiger partial charge in [0.05, 0.1) is 12.3 Å². The van der Waals surface area contributed by atoms with Crippen LogP contribution in [-0.4, -0.2) is 41.6 Å². The van der Waals surface area contributed by atoms with E-state index in [0.717, 1.165) is 4.90 Å². The van der Waals surface area contributed by atoms with Crippen molar-refractivity contribution in [3.05, 3.63) is 0 Å². The highest BCUT2D eigenvalue weighted by Crippen LogP contribution is 2.20. The highest BCUT2D eigenvalue weighted by atomic mass is 19.4. The lowest BCUT2D eigenvalue weighted by Gasteiger charge is -2.22. The van der Waals surface area contributed by atoms with Gasteiger partial charge in [-0.3, -0.25) is 4.79 Å². The van der Waals surface area contributed by atoms with Crippen molar-refractivity contribution in [2.45, 2.75) is 25.9 Å². The summed E-state index contributed by atoms with van der Waals surface area (Å²) in [6, 6.07) is 0. The molecule has 0 heterocycles. The summed E-state index contributed by atoms with van der Waals surface area (Å²) in [4.78, 5) is 12.6. The standard InChI is InChI=1S/C9H16F3N3O2/c1-3-6(7(13)14-17)8(16)15(2)5-4-9(10,11)12/h6,17H,3-5H2,1-2H3,(H2,13,14). The lowest BCUT2D eigenvalue weighted by Crippen LogP contribution is -2.41. The van der Waals surface area contributed by atoms with Crippen molar-refractivity contribution in [3.8, 4) is 0 Å². The number of oxime groups is 1. The molecule has 0 aromatic carbocycles. The first-order chi connectivity index (χ1) is 7.72. The minimum Gasteiger partial charge on any atom is -0.409 e. The summed E-state index contributed by atoms with van der Waals surface area (Å²) in [6.07, 6.45) is -5.14. The van der Waals surface area contributed by atoms with Crippen LogP contribution in [0.3, 0.4) is 0 Å². The minimum absolute atomic E-state index is 0.255. The van der Waals surface area contributed by atoms with E-state index < -0.39 is 31.0 Å². The van der Waals surface area contributed by atoms with Crippen LogP contribution in [0.15, 0.2) is 5.16 Å². The number of nitrogens with zero attached hydrogens (tertiary/aromatic N) is 2. The highest BCUT2D eigenvalue weighted by Gasteiger charge is 2.30. The van der Waals surface area contributed by atoms with Gasteiger partial charge in [0.15, 0.2) is 5.84 Å². The zero-order chi connectivity index (χ0) is 13.6. The molecule has 0 fully saturated rings. The lowest BCUT2D eigenvalue weighted by atomic mass is 10.0. The molecule has 1 unspecified atom stereocenters. The maximum Gasteiger partial charge on any atom is 0.390 e. The average molecular weight is 255 g/mol. The smallest absolute Gasteiger partial charge is 0.390 e. The summed E-state index contributed by atoms with van der Waals surface area (Å²) in [5.41, 5.74) is 5.28. The van der Waals surface area contributed by atoms with Gasteiger partial charge in [0.1, 0.15) is 0 Å². The zero-order valence-corrected chi connectivity index (χ0v) is 9.66. The Morgan fingerprint density at radius 3 is 2.41 bits per heavy atom. The number of halogens is 3. The van der Waals surface area contributed by atoms with Crippen molar-refractivity contribution in [2.24, 2.45) is 16.8 Å². The molecule has 0 bridgehead atoms. The summed E-state index contributed by atoms with van der Waals surface area (Å²) in [7, 11) is 1.25. The van der Waals surface area contributed by atoms with Crippen molar-refractivity contribution < 1.29 is 23.2 Å². The van der Waals surface area contributed by atoms with Crippen LogP contribution in [0.5, 0.6) is 0 Å². The van der Waals surface area contributed by atoms with Crippen molar-refractivity contribution in [3.63, 3.8) is 0 Å². The van der Waals surface area contributed by atoms with Gasteiger partial charge in [-0.2, -0.15) is 13.2 Å². The van der Waals surface area contributed by atoms with Gasteiger partial charge in [-0.05, 0) is 6.42 Å². The van der Waals surface area contributed by atoms with Crippen LogP contribution < -0.4 is 5.73 Å². The van der Waals surface area contributed by atoms with Gasteiger partial charge < -0.3 is 15.8 Å². The van der Waals surface area contributed by atoms with Gasteiger partial charge in [0.25, 0.3) is 0 Å². The molecule has 0 rings (SSSR count). The number of hydrogen-bond acceptors (Lipinski definition) is 3. The van der Waals surface area contributed by atoms with Gasteiger partial charge in [0.2, 0.25) is 5.91 Å². The Morgan fingerprint density at radius 1 is 1.53 bits per heavy atom. The zero-order valence-electron chi connectivity index (χ0n) is 9.66. The van der Waals surface area contributed by atoms with E-state index in [4.69, 9.17) is 10.9 Å². The van der Waals surface area contributed by atoms with Gasteiger partial charge >= 0.3 is 6.18 Å². The fourth-order valence-electron chi connectivity index (χ4n) is 1.25. The van der Waals surface area contributed by atoms with Gasteiger partial charge in [-0.15, -0.1) is 0 Å². The summed E-state index contributed by atoms with van der Waals surface area (Å²) in [6.45, 7) is 1.18. The summed E-state index contributed by atoms with van der Waals surface area (Å²) in [5.74, 6) is -1.78. The number of rotatable bonds is 5. The molecule has 1 amide bonds. The normalized spacial score (nSPS) is 14.5. The molecular weight excluding hydrogens is 239 g/mol. The van der Waals surface area contributed by atoms with Crippen LogP contribution in [-0.2, 0) is 4.79 Å². The van der Waals surface area contributed by atoms with Crippen molar-refractivity contribution in [1.29, 1.82) is 0 Å². The van der Waals surface area contributed by atoms with Crippen LogP contribution in [0.2, 0.25) is 0 Å². The Morgan fingerprint density at radius 2 is 2.06 bits per heavy atom. The number of nitrogens with two attached hydrogens (primary N) is 1.